The van der Waals surface area contributed by atoms with Gasteiger partial charge in [-0.1, -0.05) is 6.92 Å². The summed E-state index contributed by atoms with van der Waals surface area (Å²) in [5, 5.41) is 4.18. The van der Waals surface area contributed by atoms with E-state index in [0.717, 1.165) is 30.0 Å². The molecular weight excluding hydrogens is 318 g/mol. The van der Waals surface area contributed by atoms with Gasteiger partial charge in [0.2, 0.25) is 11.9 Å². The minimum absolute atomic E-state index is 0.202. The third kappa shape index (κ3) is 3.30. The summed E-state index contributed by atoms with van der Waals surface area (Å²) in [4.78, 5) is 25.4. The van der Waals surface area contributed by atoms with E-state index in [1.54, 1.807) is 4.52 Å². The maximum absolute atomic E-state index is 12.7. The molecule has 0 spiro atoms. The van der Waals surface area contributed by atoms with Crippen molar-refractivity contribution in [3.05, 3.63) is 17.0 Å². The van der Waals surface area contributed by atoms with Crippen molar-refractivity contribution >= 4 is 17.6 Å². The number of nitrogen functional groups attached to an aromatic ring is 1. The first-order valence-electron chi connectivity index (χ1n) is 8.70. The molecule has 0 unspecified atom stereocenters. The number of fused-ring (bicyclic) bond motifs is 1. The van der Waals surface area contributed by atoms with E-state index in [0.29, 0.717) is 30.6 Å². The van der Waals surface area contributed by atoms with E-state index in [-0.39, 0.29) is 11.9 Å². The second-order valence-corrected chi connectivity index (χ2v) is 7.25. The van der Waals surface area contributed by atoms with Gasteiger partial charge in [-0.2, -0.15) is 9.50 Å². The number of nitrogens with zero attached hydrogens (tertiary/aromatic N) is 6. The van der Waals surface area contributed by atoms with Gasteiger partial charge in [0.1, 0.15) is 0 Å². The molecule has 0 bridgehead atoms. The lowest BCUT2D eigenvalue weighted by atomic mass is 10.1. The SMILES string of the molecule is Cc1nc2nc(N)nn2c(C)c1CCC(=O)N1C[C@@H](N(C)C)[C@@H](C)C1. The lowest BCUT2D eigenvalue weighted by Gasteiger charge is -2.22. The third-order valence-corrected chi connectivity index (χ3v) is 5.24. The van der Waals surface area contributed by atoms with Crippen molar-refractivity contribution in [2.24, 2.45) is 5.92 Å². The molecule has 2 N–H and O–H groups in total. The van der Waals surface area contributed by atoms with Crippen LogP contribution < -0.4 is 5.73 Å². The molecule has 1 amide bonds. The average Bonchev–Trinajstić information content (AvgIpc) is 3.09. The van der Waals surface area contributed by atoms with Gasteiger partial charge in [0, 0.05) is 36.9 Å². The van der Waals surface area contributed by atoms with Crippen molar-refractivity contribution in [2.45, 2.75) is 39.7 Å². The number of aryl methyl sites for hydroxylation is 2. The Hall–Kier alpha value is -2.22. The Kier molecular flexibility index (Phi) is 4.64. The number of hydrogen-bond donors (Lipinski definition) is 1. The Labute approximate surface area is 148 Å². The van der Waals surface area contributed by atoms with Crippen LogP contribution in [0.5, 0.6) is 0 Å². The largest absolute Gasteiger partial charge is 0.366 e. The Morgan fingerprint density at radius 2 is 2.00 bits per heavy atom. The molecule has 2 aromatic heterocycles. The first-order chi connectivity index (χ1) is 11.8. The van der Waals surface area contributed by atoms with Gasteiger partial charge in [-0.3, -0.25) is 4.79 Å². The Morgan fingerprint density at radius 1 is 1.28 bits per heavy atom. The number of likely N-dealkylation sites (tertiary alicyclic amines) is 1. The van der Waals surface area contributed by atoms with Crippen LogP contribution in [0.15, 0.2) is 0 Å². The zero-order valence-electron chi connectivity index (χ0n) is 15.7. The van der Waals surface area contributed by atoms with Crippen molar-refractivity contribution < 1.29 is 4.79 Å². The molecule has 0 aliphatic carbocycles. The number of amides is 1. The first-order valence-corrected chi connectivity index (χ1v) is 8.70. The molecular formula is C17H27N7O. The second-order valence-electron chi connectivity index (χ2n) is 7.25. The van der Waals surface area contributed by atoms with Gasteiger partial charge in [-0.25, -0.2) is 4.98 Å². The molecule has 1 saturated heterocycles. The number of anilines is 1. The van der Waals surface area contributed by atoms with Crippen LogP contribution in [0.25, 0.3) is 5.78 Å². The van der Waals surface area contributed by atoms with E-state index in [1.165, 1.54) is 0 Å². The van der Waals surface area contributed by atoms with Gasteiger partial charge >= 0.3 is 0 Å². The molecule has 136 valence electrons. The number of carbonyl (C=O) groups excluding carboxylic acids is 1. The molecule has 8 heteroatoms. The normalized spacial score (nSPS) is 20.8. The van der Waals surface area contributed by atoms with Crippen molar-refractivity contribution in [3.63, 3.8) is 0 Å². The van der Waals surface area contributed by atoms with Crippen molar-refractivity contribution in [2.75, 3.05) is 32.9 Å². The minimum Gasteiger partial charge on any atom is -0.366 e. The third-order valence-electron chi connectivity index (χ3n) is 5.24. The van der Waals surface area contributed by atoms with Gasteiger partial charge in [0.25, 0.3) is 5.78 Å². The molecule has 8 nitrogen and oxygen atoms in total. The summed E-state index contributed by atoms with van der Waals surface area (Å²) in [5.74, 6) is 1.42. The van der Waals surface area contributed by atoms with Crippen LogP contribution in [0, 0.1) is 19.8 Å². The quantitative estimate of drug-likeness (QED) is 0.875. The predicted molar refractivity (Wildman–Crippen MR) is 96.2 cm³/mol. The van der Waals surface area contributed by atoms with Crippen molar-refractivity contribution in [3.8, 4) is 0 Å². The summed E-state index contributed by atoms with van der Waals surface area (Å²) in [6.07, 6.45) is 1.13. The molecule has 3 rings (SSSR count). The van der Waals surface area contributed by atoms with Crippen LogP contribution in [-0.2, 0) is 11.2 Å². The highest BCUT2D eigenvalue weighted by molar-refractivity contribution is 5.77. The smallest absolute Gasteiger partial charge is 0.254 e. The molecule has 2 atom stereocenters. The predicted octanol–water partition coefficient (Wildman–Crippen LogP) is 0.664. The maximum atomic E-state index is 12.7. The number of likely N-dealkylation sites (N-methyl/N-ethyl adjacent to an activating group) is 1. The highest BCUT2D eigenvalue weighted by atomic mass is 16.2. The standard InChI is InChI=1S/C17H27N7O/c1-10-8-23(9-14(10)22(4)5)15(25)7-6-13-11(2)19-17-20-16(18)21-24(17)12(13)3/h10,14H,6-9H2,1-5H3,(H2,18,21)/t10-,14+/m0/s1. The lowest BCUT2D eigenvalue weighted by Crippen LogP contribution is -2.35. The van der Waals surface area contributed by atoms with Crippen LogP contribution in [0.4, 0.5) is 5.95 Å². The number of nitrogens with two attached hydrogens (primary N) is 1. The first kappa shape index (κ1) is 17.6. The van der Waals surface area contributed by atoms with Crippen molar-refractivity contribution in [1.29, 1.82) is 0 Å². The fourth-order valence-corrected chi connectivity index (χ4v) is 3.80. The van der Waals surface area contributed by atoms with E-state index in [2.05, 4.69) is 41.0 Å². The molecule has 2 aromatic rings. The summed E-state index contributed by atoms with van der Waals surface area (Å²) in [6.45, 7) is 7.75. The van der Waals surface area contributed by atoms with E-state index in [4.69, 9.17) is 5.73 Å². The Bertz CT molecular complexity index is 798. The molecule has 0 aromatic carbocycles. The average molecular weight is 345 g/mol. The zero-order chi connectivity index (χ0) is 18.3. The van der Waals surface area contributed by atoms with Crippen LogP contribution in [0.3, 0.4) is 0 Å². The number of aromatic nitrogens is 4. The molecule has 3 heterocycles. The summed E-state index contributed by atoms with van der Waals surface area (Å²) >= 11 is 0. The molecule has 1 fully saturated rings. The Balaban J connectivity index is 1.71. The van der Waals surface area contributed by atoms with Gasteiger partial charge < -0.3 is 15.5 Å². The van der Waals surface area contributed by atoms with Crippen LogP contribution in [0.2, 0.25) is 0 Å². The topological polar surface area (TPSA) is 92.6 Å². The molecule has 1 aliphatic rings. The summed E-state index contributed by atoms with van der Waals surface area (Å²) in [7, 11) is 4.15. The zero-order valence-corrected chi connectivity index (χ0v) is 15.7. The summed E-state index contributed by atoms with van der Waals surface area (Å²) < 4.78 is 1.65. The van der Waals surface area contributed by atoms with Gasteiger partial charge in [0.05, 0.1) is 0 Å². The fourth-order valence-electron chi connectivity index (χ4n) is 3.80. The van der Waals surface area contributed by atoms with Crippen LogP contribution in [-0.4, -0.2) is 68.5 Å². The number of rotatable bonds is 4. The Morgan fingerprint density at radius 3 is 2.64 bits per heavy atom. The monoisotopic (exact) mass is 345 g/mol. The van der Waals surface area contributed by atoms with Gasteiger partial charge in [-0.15, -0.1) is 5.10 Å². The van der Waals surface area contributed by atoms with E-state index < -0.39 is 0 Å². The summed E-state index contributed by atoms with van der Waals surface area (Å²) in [6, 6.07) is 0.434. The molecule has 0 saturated carbocycles. The van der Waals surface area contributed by atoms with Gasteiger partial charge in [-0.05, 0) is 45.8 Å². The molecule has 1 aliphatic heterocycles. The minimum atomic E-state index is 0.202. The van der Waals surface area contributed by atoms with Crippen molar-refractivity contribution in [1.82, 2.24) is 29.4 Å². The van der Waals surface area contributed by atoms with Crippen LogP contribution in [0.1, 0.15) is 30.3 Å². The van der Waals surface area contributed by atoms with E-state index in [9.17, 15) is 4.79 Å². The fraction of sp³-hybridized carbons (Fsp3) is 0.647. The number of hydrogen-bond acceptors (Lipinski definition) is 6. The maximum Gasteiger partial charge on any atom is 0.254 e. The summed E-state index contributed by atoms with van der Waals surface area (Å²) in [5.41, 5.74) is 8.54. The van der Waals surface area contributed by atoms with Crippen LogP contribution >= 0.6 is 0 Å². The lowest BCUT2D eigenvalue weighted by molar-refractivity contribution is -0.130. The van der Waals surface area contributed by atoms with Gasteiger partial charge in [0.15, 0.2) is 0 Å². The molecule has 25 heavy (non-hydrogen) atoms. The van der Waals surface area contributed by atoms with E-state index in [1.807, 2.05) is 18.7 Å². The second kappa shape index (κ2) is 6.59. The highest BCUT2D eigenvalue weighted by Gasteiger charge is 2.33. The molecule has 0 radical (unpaired) electrons. The number of carbonyl (C=O) groups is 1. The van der Waals surface area contributed by atoms with E-state index >= 15 is 0 Å². The highest BCUT2D eigenvalue weighted by Crippen LogP contribution is 2.22.